The van der Waals surface area contributed by atoms with E-state index < -0.39 is 8.07 Å². The molecule has 2 aromatic heterocycles. The molecule has 0 spiro atoms. The Morgan fingerprint density at radius 2 is 1.93 bits per heavy atom. The van der Waals surface area contributed by atoms with Gasteiger partial charge in [-0.2, -0.15) is 0 Å². The highest BCUT2D eigenvalue weighted by molar-refractivity contribution is 6.76. The fourth-order valence-electron chi connectivity index (χ4n) is 2.84. The molecule has 28 heavy (non-hydrogen) atoms. The first-order valence-electron chi connectivity index (χ1n) is 9.33. The maximum Gasteiger partial charge on any atom is 0.142 e. The molecule has 3 aromatic rings. The van der Waals surface area contributed by atoms with Crippen LogP contribution in [-0.2, 0) is 11.3 Å². The fourth-order valence-corrected chi connectivity index (χ4v) is 3.71. The van der Waals surface area contributed by atoms with Gasteiger partial charge in [-0.1, -0.05) is 43.4 Å². The Hall–Kier alpha value is -1.99. The predicted octanol–water partition coefficient (Wildman–Crippen LogP) is 5.23. The number of benzene rings is 1. The zero-order chi connectivity index (χ0) is 20.1. The van der Waals surface area contributed by atoms with E-state index in [4.69, 9.17) is 16.3 Å². The zero-order valence-electron chi connectivity index (χ0n) is 16.5. The molecule has 5 nitrogen and oxygen atoms in total. The van der Waals surface area contributed by atoms with Crippen molar-refractivity contribution in [2.45, 2.75) is 32.3 Å². The van der Waals surface area contributed by atoms with Crippen molar-refractivity contribution in [3.05, 3.63) is 59.5 Å². The Kier molecular flexibility index (Phi) is 6.67. The van der Waals surface area contributed by atoms with Gasteiger partial charge in [0.1, 0.15) is 17.7 Å². The highest BCUT2D eigenvalue weighted by Crippen LogP contribution is 2.31. The maximum atomic E-state index is 9.42. The lowest BCUT2D eigenvalue weighted by Gasteiger charge is -2.25. The Bertz CT molecular complexity index is 929. The van der Waals surface area contributed by atoms with Crippen molar-refractivity contribution < 1.29 is 9.84 Å². The molecule has 0 saturated heterocycles. The van der Waals surface area contributed by atoms with Crippen molar-refractivity contribution in [3.63, 3.8) is 0 Å². The summed E-state index contributed by atoms with van der Waals surface area (Å²) >= 11 is 5.97. The van der Waals surface area contributed by atoms with Crippen LogP contribution < -0.4 is 4.90 Å². The van der Waals surface area contributed by atoms with E-state index in [2.05, 4.69) is 29.6 Å². The molecule has 2 heterocycles. The second-order valence-electron chi connectivity index (χ2n) is 7.96. The molecule has 0 amide bonds. The van der Waals surface area contributed by atoms with Crippen molar-refractivity contribution in [1.29, 1.82) is 0 Å². The van der Waals surface area contributed by atoms with Crippen LogP contribution in [0.4, 0.5) is 11.5 Å². The minimum absolute atomic E-state index is 0.0121. The van der Waals surface area contributed by atoms with Gasteiger partial charge in [0.2, 0.25) is 0 Å². The van der Waals surface area contributed by atoms with Gasteiger partial charge in [0, 0.05) is 26.3 Å². The minimum Gasteiger partial charge on any atom is -0.392 e. The first-order valence-corrected chi connectivity index (χ1v) is 13.4. The summed E-state index contributed by atoms with van der Waals surface area (Å²) in [4.78, 5) is 10.8. The number of hydrogen-bond acceptors (Lipinski definition) is 5. The summed E-state index contributed by atoms with van der Waals surface area (Å²) < 4.78 is 6.02. The third-order valence-corrected chi connectivity index (χ3v) is 6.41. The number of halogens is 1. The number of aliphatic hydroxyl groups is 1. The van der Waals surface area contributed by atoms with Crippen molar-refractivity contribution >= 4 is 42.0 Å². The van der Waals surface area contributed by atoms with Crippen LogP contribution in [0.1, 0.15) is 5.56 Å². The van der Waals surface area contributed by atoms with Gasteiger partial charge in [-0.05, 0) is 41.3 Å². The largest absolute Gasteiger partial charge is 0.392 e. The first-order chi connectivity index (χ1) is 13.4. The lowest BCUT2D eigenvalue weighted by molar-refractivity contribution is 0.153. The molecule has 0 atom stereocenters. The van der Waals surface area contributed by atoms with E-state index in [-0.39, 0.29) is 6.61 Å². The molecule has 0 bridgehead atoms. The van der Waals surface area contributed by atoms with E-state index in [1.807, 2.05) is 35.2 Å². The van der Waals surface area contributed by atoms with Crippen molar-refractivity contribution in [3.8, 4) is 0 Å². The second kappa shape index (κ2) is 9.00. The summed E-state index contributed by atoms with van der Waals surface area (Å²) in [6.07, 6.45) is 3.50. The SMILES string of the molecule is C[Si](C)(C)CCOCN(c1ccc(Cl)nc1)c1nccc2cc(CO)ccc12. The zero-order valence-corrected chi connectivity index (χ0v) is 18.3. The molecule has 7 heteroatoms. The molecular formula is C21H26ClN3O2Si. The van der Waals surface area contributed by atoms with E-state index in [1.54, 1.807) is 18.5 Å². The number of ether oxygens (including phenoxy) is 1. The van der Waals surface area contributed by atoms with Gasteiger partial charge >= 0.3 is 0 Å². The molecule has 0 radical (unpaired) electrons. The van der Waals surface area contributed by atoms with E-state index in [0.29, 0.717) is 18.5 Å². The first kappa shape index (κ1) is 20.7. The number of fused-ring (bicyclic) bond motifs is 1. The van der Waals surface area contributed by atoms with E-state index >= 15 is 0 Å². The van der Waals surface area contributed by atoms with E-state index in [1.165, 1.54) is 0 Å². The highest BCUT2D eigenvalue weighted by atomic mass is 35.5. The summed E-state index contributed by atoms with van der Waals surface area (Å²) in [5.41, 5.74) is 1.74. The fraction of sp³-hybridized carbons (Fsp3) is 0.333. The molecule has 0 unspecified atom stereocenters. The Balaban J connectivity index is 1.94. The Morgan fingerprint density at radius 3 is 2.61 bits per heavy atom. The van der Waals surface area contributed by atoms with Gasteiger partial charge in [0.15, 0.2) is 0 Å². The Morgan fingerprint density at radius 1 is 1.11 bits per heavy atom. The highest BCUT2D eigenvalue weighted by Gasteiger charge is 2.17. The number of hydrogen-bond donors (Lipinski definition) is 1. The summed E-state index contributed by atoms with van der Waals surface area (Å²) in [6, 6.07) is 12.6. The molecule has 0 aliphatic rings. The van der Waals surface area contributed by atoms with Crippen LogP contribution in [0.5, 0.6) is 0 Å². The van der Waals surface area contributed by atoms with Gasteiger partial charge in [0.05, 0.1) is 18.5 Å². The number of aromatic nitrogens is 2. The second-order valence-corrected chi connectivity index (χ2v) is 14.0. The predicted molar refractivity (Wildman–Crippen MR) is 118 cm³/mol. The molecule has 148 valence electrons. The van der Waals surface area contributed by atoms with Gasteiger partial charge in [0.25, 0.3) is 0 Å². The summed E-state index contributed by atoms with van der Waals surface area (Å²) in [5.74, 6) is 0.791. The van der Waals surface area contributed by atoms with Crippen LogP contribution in [0.2, 0.25) is 30.8 Å². The van der Waals surface area contributed by atoms with Gasteiger partial charge in [-0.3, -0.25) is 0 Å². The quantitative estimate of drug-likeness (QED) is 0.236. The van der Waals surface area contributed by atoms with Crippen molar-refractivity contribution in [2.24, 2.45) is 0 Å². The van der Waals surface area contributed by atoms with E-state index in [9.17, 15) is 5.11 Å². The molecule has 3 rings (SSSR count). The van der Waals surface area contributed by atoms with Gasteiger partial charge < -0.3 is 14.7 Å². The smallest absolute Gasteiger partial charge is 0.142 e. The van der Waals surface area contributed by atoms with E-state index in [0.717, 1.165) is 33.9 Å². The molecule has 1 aromatic carbocycles. The topological polar surface area (TPSA) is 58.5 Å². The molecule has 0 aliphatic heterocycles. The summed E-state index contributed by atoms with van der Waals surface area (Å²) in [5, 5.41) is 11.9. The normalized spacial score (nSPS) is 11.8. The summed E-state index contributed by atoms with van der Waals surface area (Å²) in [6.45, 7) is 8.11. The minimum atomic E-state index is -1.16. The van der Waals surface area contributed by atoms with Crippen LogP contribution in [0.25, 0.3) is 10.8 Å². The number of aliphatic hydroxyl groups excluding tert-OH is 1. The van der Waals surface area contributed by atoms with Gasteiger partial charge in [-0.15, -0.1) is 0 Å². The molecule has 0 saturated carbocycles. The average molecular weight is 416 g/mol. The molecular weight excluding hydrogens is 390 g/mol. The number of pyridine rings is 2. The lowest BCUT2D eigenvalue weighted by atomic mass is 10.1. The third kappa shape index (κ3) is 5.29. The number of rotatable bonds is 8. The third-order valence-electron chi connectivity index (χ3n) is 4.49. The van der Waals surface area contributed by atoms with Crippen LogP contribution in [0, 0.1) is 0 Å². The molecule has 0 aliphatic carbocycles. The number of anilines is 2. The molecule has 1 N–H and O–H groups in total. The molecule has 0 fully saturated rings. The van der Waals surface area contributed by atoms with Crippen LogP contribution >= 0.6 is 11.6 Å². The monoisotopic (exact) mass is 415 g/mol. The van der Waals surface area contributed by atoms with Crippen molar-refractivity contribution in [1.82, 2.24) is 9.97 Å². The van der Waals surface area contributed by atoms with Crippen LogP contribution in [0.3, 0.4) is 0 Å². The van der Waals surface area contributed by atoms with Crippen LogP contribution in [-0.4, -0.2) is 36.5 Å². The summed E-state index contributed by atoms with van der Waals surface area (Å²) in [7, 11) is -1.16. The average Bonchev–Trinajstić information content (AvgIpc) is 2.67. The standard InChI is InChI=1S/C21H26ClN3O2Si/c1-28(2,3)11-10-27-15-25(18-5-7-20(22)24-13-18)21-19-6-4-16(14-26)12-17(19)8-9-23-21/h4-9,12-13,26H,10-11,14-15H2,1-3H3. The van der Waals surface area contributed by atoms with Crippen LogP contribution in [0.15, 0.2) is 48.8 Å². The van der Waals surface area contributed by atoms with Crippen molar-refractivity contribution in [2.75, 3.05) is 18.2 Å². The number of nitrogens with zero attached hydrogens (tertiary/aromatic N) is 3. The lowest BCUT2D eigenvalue weighted by Crippen LogP contribution is -2.26. The van der Waals surface area contributed by atoms with Gasteiger partial charge in [-0.25, -0.2) is 9.97 Å². The Labute approximate surface area is 172 Å². The maximum absolute atomic E-state index is 9.42.